The van der Waals surface area contributed by atoms with E-state index in [1.54, 1.807) is 11.9 Å². The number of likely N-dealkylation sites (N-methyl/N-ethyl adjacent to an activating group) is 1. The maximum Gasteiger partial charge on any atom is 0.573 e. The topological polar surface area (TPSA) is 41.6 Å². The second kappa shape index (κ2) is 6.34. The molecule has 2 rings (SSSR count). The van der Waals surface area contributed by atoms with Crippen LogP contribution in [0.15, 0.2) is 24.3 Å². The van der Waals surface area contributed by atoms with Crippen molar-refractivity contribution in [2.75, 3.05) is 20.1 Å². The SMILES string of the molecule is CN(C(=O)Cc1ccc(OC(F)(F)F)cc1)C1CCNC1. The molecule has 1 N–H and O–H groups in total. The number of halogens is 3. The van der Waals surface area contributed by atoms with E-state index in [1.807, 2.05) is 0 Å². The highest BCUT2D eigenvalue weighted by molar-refractivity contribution is 5.78. The molecule has 4 nitrogen and oxygen atoms in total. The monoisotopic (exact) mass is 302 g/mol. The van der Waals surface area contributed by atoms with Crippen molar-refractivity contribution in [3.8, 4) is 5.75 Å². The molecule has 1 aliphatic rings. The summed E-state index contributed by atoms with van der Waals surface area (Å²) in [5.74, 6) is -0.333. The average Bonchev–Trinajstić information content (AvgIpc) is 2.92. The minimum Gasteiger partial charge on any atom is -0.406 e. The Labute approximate surface area is 120 Å². The van der Waals surface area contributed by atoms with Gasteiger partial charge in [-0.1, -0.05) is 12.1 Å². The highest BCUT2D eigenvalue weighted by Crippen LogP contribution is 2.23. The molecule has 1 unspecified atom stereocenters. The predicted octanol–water partition coefficient (Wildman–Crippen LogP) is 1.95. The van der Waals surface area contributed by atoms with Crippen molar-refractivity contribution >= 4 is 5.91 Å². The van der Waals surface area contributed by atoms with Crippen LogP contribution in [0.2, 0.25) is 0 Å². The Bertz CT molecular complexity index is 482. The Balaban J connectivity index is 1.92. The van der Waals surface area contributed by atoms with Crippen LogP contribution < -0.4 is 10.1 Å². The third-order valence-corrected chi connectivity index (χ3v) is 3.49. The number of nitrogens with zero attached hydrogens (tertiary/aromatic N) is 1. The molecule has 116 valence electrons. The van der Waals surface area contributed by atoms with Crippen LogP contribution in [0.1, 0.15) is 12.0 Å². The summed E-state index contributed by atoms with van der Waals surface area (Å²) in [4.78, 5) is 13.8. The van der Waals surface area contributed by atoms with Crippen LogP contribution in [0.5, 0.6) is 5.75 Å². The van der Waals surface area contributed by atoms with E-state index in [0.29, 0.717) is 5.56 Å². The third kappa shape index (κ3) is 4.63. The van der Waals surface area contributed by atoms with Crippen LogP contribution >= 0.6 is 0 Å². The molecular weight excluding hydrogens is 285 g/mol. The maximum absolute atomic E-state index is 12.1. The molecule has 1 aromatic carbocycles. The summed E-state index contributed by atoms with van der Waals surface area (Å²) in [5, 5.41) is 3.18. The molecule has 1 aliphatic heterocycles. The number of nitrogens with one attached hydrogen (secondary N) is 1. The first kappa shape index (κ1) is 15.6. The molecule has 1 amide bonds. The van der Waals surface area contributed by atoms with Gasteiger partial charge in [0.25, 0.3) is 0 Å². The van der Waals surface area contributed by atoms with Gasteiger partial charge in [-0.2, -0.15) is 0 Å². The van der Waals surface area contributed by atoms with E-state index >= 15 is 0 Å². The van der Waals surface area contributed by atoms with E-state index in [2.05, 4.69) is 10.1 Å². The van der Waals surface area contributed by atoms with Gasteiger partial charge in [0.15, 0.2) is 0 Å². The molecular formula is C14H17F3N2O2. The maximum atomic E-state index is 12.1. The minimum absolute atomic E-state index is 0.0480. The number of amides is 1. The van der Waals surface area contributed by atoms with Crippen LogP contribution in [-0.4, -0.2) is 43.3 Å². The van der Waals surface area contributed by atoms with Crippen molar-refractivity contribution in [2.24, 2.45) is 0 Å². The summed E-state index contributed by atoms with van der Waals surface area (Å²) in [7, 11) is 1.75. The molecule has 1 saturated heterocycles. The van der Waals surface area contributed by atoms with Crippen molar-refractivity contribution in [1.29, 1.82) is 0 Å². The highest BCUT2D eigenvalue weighted by Gasteiger charge is 2.31. The lowest BCUT2D eigenvalue weighted by Crippen LogP contribution is -2.39. The lowest BCUT2D eigenvalue weighted by atomic mass is 10.1. The summed E-state index contributed by atoms with van der Waals surface area (Å²) in [6.45, 7) is 1.67. The largest absolute Gasteiger partial charge is 0.573 e. The fourth-order valence-corrected chi connectivity index (χ4v) is 2.28. The van der Waals surface area contributed by atoms with Crippen molar-refractivity contribution in [1.82, 2.24) is 10.2 Å². The fourth-order valence-electron chi connectivity index (χ4n) is 2.28. The summed E-state index contributed by atoms with van der Waals surface area (Å²) in [6.07, 6.45) is -3.62. The second-order valence-corrected chi connectivity index (χ2v) is 5.02. The van der Waals surface area contributed by atoms with Crippen LogP contribution in [0.4, 0.5) is 13.2 Å². The van der Waals surface area contributed by atoms with Crippen LogP contribution in [0.25, 0.3) is 0 Å². The van der Waals surface area contributed by atoms with E-state index < -0.39 is 6.36 Å². The van der Waals surface area contributed by atoms with Gasteiger partial charge in [-0.25, -0.2) is 0 Å². The summed E-state index contributed by atoms with van der Waals surface area (Å²) in [5.41, 5.74) is 0.660. The quantitative estimate of drug-likeness (QED) is 0.924. The lowest BCUT2D eigenvalue weighted by molar-refractivity contribution is -0.274. The lowest BCUT2D eigenvalue weighted by Gasteiger charge is -2.23. The van der Waals surface area contributed by atoms with Gasteiger partial charge in [0.2, 0.25) is 5.91 Å². The first-order valence-electron chi connectivity index (χ1n) is 6.66. The normalized spacial score (nSPS) is 18.6. The molecule has 21 heavy (non-hydrogen) atoms. The molecule has 0 spiro atoms. The number of alkyl halides is 3. The molecule has 0 bridgehead atoms. The number of hydrogen-bond acceptors (Lipinski definition) is 3. The zero-order chi connectivity index (χ0) is 15.5. The Kier molecular flexibility index (Phi) is 4.72. The molecule has 0 aromatic heterocycles. The first-order valence-corrected chi connectivity index (χ1v) is 6.66. The fraction of sp³-hybridized carbons (Fsp3) is 0.500. The zero-order valence-corrected chi connectivity index (χ0v) is 11.6. The van der Waals surface area contributed by atoms with Crippen LogP contribution in [-0.2, 0) is 11.2 Å². The Morgan fingerprint density at radius 2 is 2.05 bits per heavy atom. The Hall–Kier alpha value is -1.76. The number of ether oxygens (including phenoxy) is 1. The molecule has 7 heteroatoms. The van der Waals surface area contributed by atoms with E-state index in [4.69, 9.17) is 0 Å². The van der Waals surface area contributed by atoms with Gasteiger partial charge in [-0.05, 0) is 30.7 Å². The van der Waals surface area contributed by atoms with Gasteiger partial charge in [-0.3, -0.25) is 4.79 Å². The third-order valence-electron chi connectivity index (χ3n) is 3.49. The predicted molar refractivity (Wildman–Crippen MR) is 70.9 cm³/mol. The number of hydrogen-bond donors (Lipinski definition) is 1. The first-order chi connectivity index (χ1) is 9.85. The molecule has 1 heterocycles. The van der Waals surface area contributed by atoms with Crippen molar-refractivity contribution in [3.05, 3.63) is 29.8 Å². The van der Waals surface area contributed by atoms with Gasteiger partial charge in [-0.15, -0.1) is 13.2 Å². The highest BCUT2D eigenvalue weighted by atomic mass is 19.4. The van der Waals surface area contributed by atoms with Gasteiger partial charge in [0, 0.05) is 19.6 Å². The molecule has 0 radical (unpaired) electrons. The van der Waals surface area contributed by atoms with E-state index in [9.17, 15) is 18.0 Å². The van der Waals surface area contributed by atoms with Gasteiger partial charge in [0.1, 0.15) is 5.75 Å². The standard InChI is InChI=1S/C14H17F3N2O2/c1-19(11-6-7-18-9-11)13(20)8-10-2-4-12(5-3-10)21-14(15,16)17/h2-5,11,18H,6-9H2,1H3. The van der Waals surface area contributed by atoms with E-state index in [-0.39, 0.29) is 24.1 Å². The number of carbonyl (C=O) groups excluding carboxylic acids is 1. The van der Waals surface area contributed by atoms with Crippen molar-refractivity contribution in [3.63, 3.8) is 0 Å². The summed E-state index contributed by atoms with van der Waals surface area (Å²) < 4.78 is 39.9. The molecule has 1 aromatic rings. The smallest absolute Gasteiger partial charge is 0.406 e. The number of benzene rings is 1. The Morgan fingerprint density at radius 1 is 1.38 bits per heavy atom. The average molecular weight is 302 g/mol. The van der Waals surface area contributed by atoms with Crippen molar-refractivity contribution in [2.45, 2.75) is 25.2 Å². The van der Waals surface area contributed by atoms with Crippen molar-refractivity contribution < 1.29 is 22.7 Å². The molecule has 1 atom stereocenters. The van der Waals surface area contributed by atoms with Gasteiger partial charge < -0.3 is 15.0 Å². The summed E-state index contributed by atoms with van der Waals surface area (Å²) in [6, 6.07) is 5.56. The second-order valence-electron chi connectivity index (χ2n) is 5.02. The van der Waals surface area contributed by atoms with Crippen LogP contribution in [0, 0.1) is 0 Å². The summed E-state index contributed by atoms with van der Waals surface area (Å²) >= 11 is 0. The molecule has 0 aliphatic carbocycles. The van der Waals surface area contributed by atoms with E-state index in [0.717, 1.165) is 19.5 Å². The van der Waals surface area contributed by atoms with E-state index in [1.165, 1.54) is 24.3 Å². The molecule has 1 fully saturated rings. The van der Waals surface area contributed by atoms with Gasteiger partial charge >= 0.3 is 6.36 Å². The van der Waals surface area contributed by atoms with Gasteiger partial charge in [0.05, 0.1) is 6.42 Å². The minimum atomic E-state index is -4.70. The molecule has 0 saturated carbocycles. The number of carbonyl (C=O) groups is 1. The Morgan fingerprint density at radius 3 is 2.57 bits per heavy atom. The number of rotatable bonds is 4. The van der Waals surface area contributed by atoms with Crippen LogP contribution in [0.3, 0.4) is 0 Å². The zero-order valence-electron chi connectivity index (χ0n) is 11.6.